The highest BCUT2D eigenvalue weighted by Gasteiger charge is 2.61. The fourth-order valence-electron chi connectivity index (χ4n) is 4.78. The van der Waals surface area contributed by atoms with Gasteiger partial charge in [0, 0.05) is 17.0 Å². The number of carbonyl (C=O) groups excluding carboxylic acids is 3. The summed E-state index contributed by atoms with van der Waals surface area (Å²) in [5.41, 5.74) is 1.72. The summed E-state index contributed by atoms with van der Waals surface area (Å²) in [6.45, 7) is 5.37. The number of amides is 2. The molecule has 37 heavy (non-hydrogen) atoms. The Hall–Kier alpha value is -4.09. The first-order valence-corrected chi connectivity index (χ1v) is 12.5. The number of nitro groups is 1. The number of hydroxylamine groups is 1. The molecule has 2 aliphatic heterocycles. The Morgan fingerprint density at radius 1 is 1.11 bits per heavy atom. The molecular weight excluding hydrogens is 498 g/mol. The van der Waals surface area contributed by atoms with E-state index in [-0.39, 0.29) is 22.9 Å². The van der Waals surface area contributed by atoms with Gasteiger partial charge in [-0.2, -0.15) is 0 Å². The Labute approximate surface area is 216 Å². The van der Waals surface area contributed by atoms with Crippen LogP contribution in [0.25, 0.3) is 0 Å². The summed E-state index contributed by atoms with van der Waals surface area (Å²) in [4.78, 5) is 59.3. The van der Waals surface area contributed by atoms with Gasteiger partial charge in [-0.05, 0) is 44.0 Å². The maximum absolute atomic E-state index is 13.9. The van der Waals surface area contributed by atoms with Gasteiger partial charge >= 0.3 is 5.97 Å². The van der Waals surface area contributed by atoms with Crippen LogP contribution >= 0.6 is 11.3 Å². The minimum atomic E-state index is -1.17. The molecule has 5 rings (SSSR count). The third kappa shape index (κ3) is 3.96. The second-order valence-electron chi connectivity index (χ2n) is 8.71. The fourth-order valence-corrected chi connectivity index (χ4v) is 5.94. The van der Waals surface area contributed by atoms with E-state index in [9.17, 15) is 24.5 Å². The van der Waals surface area contributed by atoms with Crippen molar-refractivity contribution >= 4 is 45.5 Å². The number of hydrogen-bond acceptors (Lipinski definition) is 9. The SMILES string of the molecule is CCOC(=O)c1c(N2C(=O)[C@H]3[C@H](ON(c4ccccc4)[C@H]3c3cccc([N+](=O)[O-])c3)C2=O)sc(C)c1C. The number of nitrogens with zero attached hydrogens (tertiary/aromatic N) is 3. The van der Waals surface area contributed by atoms with Crippen molar-refractivity contribution in [3.05, 3.63) is 86.3 Å². The van der Waals surface area contributed by atoms with E-state index in [1.165, 1.54) is 23.3 Å². The van der Waals surface area contributed by atoms with Crippen LogP contribution < -0.4 is 9.96 Å². The van der Waals surface area contributed by atoms with Crippen molar-refractivity contribution in [3.63, 3.8) is 0 Å². The summed E-state index contributed by atoms with van der Waals surface area (Å²) in [5, 5.41) is 13.1. The van der Waals surface area contributed by atoms with Crippen molar-refractivity contribution in [2.24, 2.45) is 5.92 Å². The molecule has 0 bridgehead atoms. The lowest BCUT2D eigenvalue weighted by molar-refractivity contribution is -0.384. The molecule has 1 aromatic heterocycles. The number of carbonyl (C=O) groups is 3. The number of anilines is 2. The van der Waals surface area contributed by atoms with Crippen LogP contribution in [0.4, 0.5) is 16.4 Å². The van der Waals surface area contributed by atoms with Crippen LogP contribution in [-0.2, 0) is 19.2 Å². The molecule has 0 saturated carbocycles. The maximum atomic E-state index is 13.9. The van der Waals surface area contributed by atoms with E-state index < -0.39 is 40.8 Å². The van der Waals surface area contributed by atoms with E-state index in [2.05, 4.69) is 0 Å². The summed E-state index contributed by atoms with van der Waals surface area (Å²) in [6.07, 6.45) is -1.17. The van der Waals surface area contributed by atoms with Crippen LogP contribution in [0.3, 0.4) is 0 Å². The van der Waals surface area contributed by atoms with Gasteiger partial charge in [-0.15, -0.1) is 11.3 Å². The van der Waals surface area contributed by atoms with Crippen molar-refractivity contribution < 1.29 is 28.9 Å². The quantitative estimate of drug-likeness (QED) is 0.201. The summed E-state index contributed by atoms with van der Waals surface area (Å²) < 4.78 is 5.20. The summed E-state index contributed by atoms with van der Waals surface area (Å²) in [5.74, 6) is -2.75. The van der Waals surface area contributed by atoms with E-state index in [1.54, 1.807) is 51.1 Å². The minimum Gasteiger partial charge on any atom is -0.462 e. The Bertz CT molecular complexity index is 1420. The number of hydrogen-bond donors (Lipinski definition) is 0. The minimum absolute atomic E-state index is 0.142. The first-order valence-electron chi connectivity index (χ1n) is 11.6. The Morgan fingerprint density at radius 2 is 1.84 bits per heavy atom. The van der Waals surface area contributed by atoms with Gasteiger partial charge in [-0.25, -0.2) is 14.8 Å². The predicted molar refractivity (Wildman–Crippen MR) is 135 cm³/mol. The Balaban J connectivity index is 1.61. The monoisotopic (exact) mass is 521 g/mol. The molecule has 0 unspecified atom stereocenters. The molecule has 0 aliphatic carbocycles. The van der Waals surface area contributed by atoms with Gasteiger partial charge in [0.25, 0.3) is 11.6 Å². The molecule has 2 saturated heterocycles. The van der Waals surface area contributed by atoms with E-state index in [4.69, 9.17) is 9.57 Å². The predicted octanol–water partition coefficient (Wildman–Crippen LogP) is 4.50. The average Bonchev–Trinajstić information content (AvgIpc) is 3.50. The van der Waals surface area contributed by atoms with Gasteiger partial charge in [-0.1, -0.05) is 30.3 Å². The van der Waals surface area contributed by atoms with E-state index >= 15 is 0 Å². The number of esters is 1. The highest BCUT2D eigenvalue weighted by atomic mass is 32.1. The number of nitro benzene ring substituents is 1. The number of aryl methyl sites for hydroxylation is 1. The second-order valence-corrected chi connectivity index (χ2v) is 9.91. The van der Waals surface area contributed by atoms with Crippen molar-refractivity contribution in [1.82, 2.24) is 0 Å². The molecule has 190 valence electrons. The van der Waals surface area contributed by atoms with E-state index in [0.717, 1.165) is 21.1 Å². The smallest absolute Gasteiger partial charge is 0.341 e. The van der Waals surface area contributed by atoms with Gasteiger partial charge in [0.05, 0.1) is 28.8 Å². The first kappa shape index (κ1) is 24.6. The normalized spacial score (nSPS) is 20.9. The van der Waals surface area contributed by atoms with Crippen molar-refractivity contribution in [1.29, 1.82) is 0 Å². The average molecular weight is 522 g/mol. The number of rotatable bonds is 6. The molecule has 3 heterocycles. The molecule has 0 radical (unpaired) electrons. The zero-order valence-electron chi connectivity index (χ0n) is 20.2. The number of ether oxygens (including phenoxy) is 1. The van der Waals surface area contributed by atoms with Crippen LogP contribution in [0, 0.1) is 29.9 Å². The van der Waals surface area contributed by atoms with Crippen LogP contribution in [0.15, 0.2) is 54.6 Å². The lowest BCUT2D eigenvalue weighted by Crippen LogP contribution is -2.37. The zero-order valence-corrected chi connectivity index (χ0v) is 21.1. The molecular formula is C26H23N3O7S. The molecule has 2 aliphatic rings. The zero-order chi connectivity index (χ0) is 26.4. The maximum Gasteiger partial charge on any atom is 0.341 e. The summed E-state index contributed by atoms with van der Waals surface area (Å²) in [6, 6.07) is 14.1. The van der Waals surface area contributed by atoms with Crippen molar-refractivity contribution in [2.75, 3.05) is 16.6 Å². The number of thiophene rings is 1. The standard InChI is InChI=1S/C26H23N3O7S/c1-4-35-26(32)19-14(2)15(3)37-25(19)27-23(30)20-21(16-9-8-12-18(13-16)29(33)34)28(36-22(20)24(27)31)17-10-6-5-7-11-17/h5-13,20-22H,4H2,1-3H3/t20-,21+,22+/m1/s1. The molecule has 2 aromatic carbocycles. The van der Waals surface area contributed by atoms with E-state index in [0.29, 0.717) is 16.8 Å². The van der Waals surface area contributed by atoms with Crippen molar-refractivity contribution in [3.8, 4) is 0 Å². The number of imide groups is 1. The lowest BCUT2D eigenvalue weighted by Gasteiger charge is -2.28. The van der Waals surface area contributed by atoms with Crippen LogP contribution in [0.5, 0.6) is 0 Å². The largest absolute Gasteiger partial charge is 0.462 e. The van der Waals surface area contributed by atoms with E-state index in [1.807, 2.05) is 6.07 Å². The second kappa shape index (κ2) is 9.41. The summed E-state index contributed by atoms with van der Waals surface area (Å²) >= 11 is 1.16. The Kier molecular flexibility index (Phi) is 6.26. The molecule has 0 spiro atoms. The molecule has 11 heteroatoms. The van der Waals surface area contributed by atoms with Crippen LogP contribution in [-0.4, -0.2) is 35.4 Å². The van der Waals surface area contributed by atoms with Gasteiger partial charge in [-0.3, -0.25) is 24.5 Å². The summed E-state index contributed by atoms with van der Waals surface area (Å²) in [7, 11) is 0. The third-order valence-corrected chi connectivity index (χ3v) is 7.79. The van der Waals surface area contributed by atoms with Gasteiger partial charge < -0.3 is 4.74 Å². The molecule has 0 N–H and O–H groups in total. The van der Waals surface area contributed by atoms with Crippen molar-refractivity contribution in [2.45, 2.75) is 32.9 Å². The molecule has 10 nitrogen and oxygen atoms in total. The first-order chi connectivity index (χ1) is 17.7. The van der Waals surface area contributed by atoms with Gasteiger partial charge in [0.15, 0.2) is 6.10 Å². The lowest BCUT2D eigenvalue weighted by atomic mass is 9.90. The van der Waals surface area contributed by atoms with Gasteiger partial charge in [0.2, 0.25) is 5.91 Å². The highest BCUT2D eigenvalue weighted by Crippen LogP contribution is 2.49. The van der Waals surface area contributed by atoms with Crippen LogP contribution in [0.1, 0.15) is 39.3 Å². The molecule has 2 amide bonds. The Morgan fingerprint density at radius 3 is 2.51 bits per heavy atom. The van der Waals surface area contributed by atoms with Gasteiger partial charge in [0.1, 0.15) is 10.9 Å². The topological polar surface area (TPSA) is 119 Å². The number of non-ortho nitro benzene ring substituents is 1. The number of benzene rings is 2. The third-order valence-electron chi connectivity index (χ3n) is 6.60. The molecule has 3 atom stereocenters. The van der Waals surface area contributed by atoms with Crippen LogP contribution in [0.2, 0.25) is 0 Å². The highest BCUT2D eigenvalue weighted by molar-refractivity contribution is 7.17. The number of fused-ring (bicyclic) bond motifs is 1. The fraction of sp³-hybridized carbons (Fsp3) is 0.269. The molecule has 3 aromatic rings. The number of para-hydroxylation sites is 1. The molecule has 2 fully saturated rings.